The lowest BCUT2D eigenvalue weighted by Crippen LogP contribution is -2.66. The molecule has 0 bridgehead atoms. The number of nitrogens with two attached hydrogens (primary N) is 1. The van der Waals surface area contributed by atoms with E-state index >= 15 is 0 Å². The highest BCUT2D eigenvalue weighted by atomic mass is 16.3. The van der Waals surface area contributed by atoms with Gasteiger partial charge in [0.1, 0.15) is 0 Å². The molecule has 0 aliphatic heterocycles. The largest absolute Gasteiger partial charge is 0.393 e. The van der Waals surface area contributed by atoms with Crippen LogP contribution >= 0.6 is 0 Å². The fourth-order valence-electron chi connectivity index (χ4n) is 10.6. The fourth-order valence-corrected chi connectivity index (χ4v) is 10.6. The Kier molecular flexibility index (Phi) is 7.66. The molecular formula is C32H55N3O2. The molecule has 1 heterocycles. The minimum atomic E-state index is -0.911. The molecule has 0 spiro atoms. The molecule has 210 valence electrons. The van der Waals surface area contributed by atoms with E-state index in [-0.39, 0.29) is 11.5 Å². The van der Waals surface area contributed by atoms with Gasteiger partial charge < -0.3 is 20.5 Å². The summed E-state index contributed by atoms with van der Waals surface area (Å²) in [5.41, 5.74) is 6.43. The molecule has 4 fully saturated rings. The smallest absolute Gasteiger partial charge is 0.0951 e. The van der Waals surface area contributed by atoms with E-state index < -0.39 is 11.7 Å². The Labute approximate surface area is 226 Å². The van der Waals surface area contributed by atoms with E-state index in [0.29, 0.717) is 30.2 Å². The topological polar surface area (TPSA) is 84.3 Å². The number of rotatable bonds is 8. The molecular weight excluding hydrogens is 458 g/mol. The van der Waals surface area contributed by atoms with E-state index in [0.717, 1.165) is 55.0 Å². The molecule has 5 heteroatoms. The molecule has 0 amide bonds. The summed E-state index contributed by atoms with van der Waals surface area (Å²) >= 11 is 0. The van der Waals surface area contributed by atoms with Crippen LogP contribution in [-0.2, 0) is 6.42 Å². The molecule has 1 aromatic rings. The first-order valence-corrected chi connectivity index (χ1v) is 15.7. The van der Waals surface area contributed by atoms with Crippen molar-refractivity contribution >= 4 is 0 Å². The molecule has 5 rings (SSSR count). The Hall–Kier alpha value is -0.910. The second kappa shape index (κ2) is 10.2. The second-order valence-corrected chi connectivity index (χ2v) is 14.7. The van der Waals surface area contributed by atoms with Crippen molar-refractivity contribution in [2.75, 3.05) is 6.54 Å². The van der Waals surface area contributed by atoms with Crippen LogP contribution in [0.4, 0.5) is 0 Å². The van der Waals surface area contributed by atoms with Gasteiger partial charge in [0.05, 0.1) is 24.1 Å². The first-order valence-electron chi connectivity index (χ1n) is 15.7. The van der Waals surface area contributed by atoms with E-state index in [2.05, 4.69) is 44.2 Å². The first kappa shape index (κ1) is 27.6. The van der Waals surface area contributed by atoms with E-state index in [1.54, 1.807) is 0 Å². The van der Waals surface area contributed by atoms with Gasteiger partial charge in [-0.05, 0) is 92.4 Å². The average molecular weight is 514 g/mol. The number of fused-ring (bicyclic) bond motifs is 5. The van der Waals surface area contributed by atoms with Gasteiger partial charge in [-0.3, -0.25) is 0 Å². The van der Waals surface area contributed by atoms with Gasteiger partial charge in [0.25, 0.3) is 0 Å². The Morgan fingerprint density at radius 3 is 2.59 bits per heavy atom. The van der Waals surface area contributed by atoms with Crippen molar-refractivity contribution < 1.29 is 10.2 Å². The van der Waals surface area contributed by atoms with Crippen LogP contribution in [0.25, 0.3) is 0 Å². The van der Waals surface area contributed by atoms with Crippen LogP contribution in [0, 0.1) is 46.3 Å². The highest BCUT2D eigenvalue weighted by Gasteiger charge is 2.68. The molecule has 10 atom stereocenters. The summed E-state index contributed by atoms with van der Waals surface area (Å²) < 4.78 is 2.27. The lowest BCUT2D eigenvalue weighted by molar-refractivity contribution is -0.243. The third kappa shape index (κ3) is 4.43. The fraction of sp³-hybridized carbons (Fsp3) is 0.906. The molecule has 37 heavy (non-hydrogen) atoms. The number of aliphatic hydroxyl groups excluding tert-OH is 1. The molecule has 4 aliphatic carbocycles. The SMILES string of the molecule is CC(C)CCC[C@@H](C)[C@H]1CC[C@H]2[C@@H]3C[C@@H](n4cncc4CCN)[C@@]4(O)C[C@@H](O)CC[C@]4(C)[C@H]3CC[C@]12C. The Balaban J connectivity index is 1.46. The van der Waals surface area contributed by atoms with E-state index in [9.17, 15) is 10.2 Å². The van der Waals surface area contributed by atoms with Crippen molar-refractivity contribution in [1.29, 1.82) is 0 Å². The molecule has 4 aliphatic rings. The monoisotopic (exact) mass is 513 g/mol. The van der Waals surface area contributed by atoms with Crippen molar-refractivity contribution in [3.8, 4) is 0 Å². The van der Waals surface area contributed by atoms with Crippen LogP contribution in [0.5, 0.6) is 0 Å². The molecule has 0 radical (unpaired) electrons. The Morgan fingerprint density at radius 1 is 1.08 bits per heavy atom. The molecule has 4 saturated carbocycles. The van der Waals surface area contributed by atoms with Crippen molar-refractivity contribution in [3.63, 3.8) is 0 Å². The van der Waals surface area contributed by atoms with Gasteiger partial charge in [-0.1, -0.05) is 53.9 Å². The highest BCUT2D eigenvalue weighted by Crippen LogP contribution is 2.71. The zero-order valence-corrected chi connectivity index (χ0v) is 24.3. The third-order valence-electron chi connectivity index (χ3n) is 12.5. The third-order valence-corrected chi connectivity index (χ3v) is 12.5. The maximum Gasteiger partial charge on any atom is 0.0951 e. The predicted octanol–water partition coefficient (Wildman–Crippen LogP) is 6.13. The van der Waals surface area contributed by atoms with Crippen LogP contribution < -0.4 is 5.73 Å². The standard InChI is InChI=1S/C32H55N3O2/c1-21(2)7-6-8-22(3)26-9-10-27-25-17-29(35-20-34-19-23(35)13-16-33)32(37)18-24(36)11-15-31(32,5)28(25)12-14-30(26,27)4/h19-22,24-29,36-37H,6-18,33H2,1-5H3/t22-,24+,25+,26-,27+,28+,29-,30-,31-,32+/m1/s1. The molecule has 1 aromatic heterocycles. The molecule has 0 unspecified atom stereocenters. The number of hydrogen-bond acceptors (Lipinski definition) is 4. The van der Waals surface area contributed by atoms with Crippen LogP contribution in [0.3, 0.4) is 0 Å². The molecule has 4 N–H and O–H groups in total. The van der Waals surface area contributed by atoms with E-state index in [1.165, 1.54) is 44.9 Å². The zero-order chi connectivity index (χ0) is 26.6. The summed E-state index contributed by atoms with van der Waals surface area (Å²) in [5.74, 6) is 4.33. The Morgan fingerprint density at radius 2 is 1.86 bits per heavy atom. The van der Waals surface area contributed by atoms with Gasteiger partial charge in [-0.2, -0.15) is 0 Å². The minimum absolute atomic E-state index is 0.0392. The average Bonchev–Trinajstić information content (AvgIpc) is 3.43. The zero-order valence-electron chi connectivity index (χ0n) is 24.3. The van der Waals surface area contributed by atoms with E-state index in [4.69, 9.17) is 5.73 Å². The minimum Gasteiger partial charge on any atom is -0.393 e. The van der Waals surface area contributed by atoms with E-state index in [1.807, 2.05) is 12.5 Å². The summed E-state index contributed by atoms with van der Waals surface area (Å²) in [6.45, 7) is 12.9. The van der Waals surface area contributed by atoms with Crippen LogP contribution in [0.2, 0.25) is 0 Å². The normalized spacial score (nSPS) is 44.4. The summed E-state index contributed by atoms with van der Waals surface area (Å²) in [6.07, 6.45) is 16.8. The quantitative estimate of drug-likeness (QED) is 0.390. The van der Waals surface area contributed by atoms with Crippen molar-refractivity contribution in [1.82, 2.24) is 9.55 Å². The number of aromatic nitrogens is 2. The van der Waals surface area contributed by atoms with Crippen molar-refractivity contribution in [2.24, 2.45) is 52.1 Å². The highest BCUT2D eigenvalue weighted by molar-refractivity contribution is 5.19. The summed E-state index contributed by atoms with van der Waals surface area (Å²) in [4.78, 5) is 4.52. The lowest BCUT2D eigenvalue weighted by atomic mass is 9.42. The number of imidazole rings is 1. The number of aliphatic hydroxyl groups is 2. The lowest BCUT2D eigenvalue weighted by Gasteiger charge is -2.66. The van der Waals surface area contributed by atoms with Gasteiger partial charge in [0.15, 0.2) is 0 Å². The molecule has 5 nitrogen and oxygen atoms in total. The Bertz CT molecular complexity index is 931. The van der Waals surface area contributed by atoms with Gasteiger partial charge in [-0.15, -0.1) is 0 Å². The van der Waals surface area contributed by atoms with Crippen LogP contribution in [0.1, 0.15) is 117 Å². The summed E-state index contributed by atoms with van der Waals surface area (Å²) in [5, 5.41) is 23.4. The maximum absolute atomic E-state index is 12.6. The van der Waals surface area contributed by atoms with Gasteiger partial charge in [-0.25, -0.2) is 4.98 Å². The second-order valence-electron chi connectivity index (χ2n) is 14.7. The predicted molar refractivity (Wildman–Crippen MR) is 150 cm³/mol. The van der Waals surface area contributed by atoms with Crippen molar-refractivity contribution in [3.05, 3.63) is 18.2 Å². The van der Waals surface area contributed by atoms with Gasteiger partial charge in [0.2, 0.25) is 0 Å². The van der Waals surface area contributed by atoms with Gasteiger partial charge in [0, 0.05) is 30.1 Å². The number of nitrogens with zero attached hydrogens (tertiary/aromatic N) is 2. The van der Waals surface area contributed by atoms with Crippen LogP contribution in [-0.4, -0.2) is 38.0 Å². The maximum atomic E-state index is 12.6. The van der Waals surface area contributed by atoms with Gasteiger partial charge >= 0.3 is 0 Å². The summed E-state index contributed by atoms with van der Waals surface area (Å²) in [6, 6.07) is -0.0392. The number of hydrogen-bond donors (Lipinski definition) is 3. The molecule has 0 saturated heterocycles. The van der Waals surface area contributed by atoms with Crippen molar-refractivity contribution in [2.45, 2.75) is 129 Å². The first-order chi connectivity index (χ1) is 17.5. The van der Waals surface area contributed by atoms with Crippen LogP contribution in [0.15, 0.2) is 12.5 Å². The molecule has 0 aromatic carbocycles. The summed E-state index contributed by atoms with van der Waals surface area (Å²) in [7, 11) is 0.